The topological polar surface area (TPSA) is 41.6 Å². The average Bonchev–Trinajstić information content (AvgIpc) is 2.85. The highest BCUT2D eigenvalue weighted by Gasteiger charge is 2.15. The van der Waals surface area contributed by atoms with Crippen molar-refractivity contribution in [2.24, 2.45) is 0 Å². The fraction of sp³-hybridized carbons (Fsp3) is 0.0667. The molecule has 3 aromatic rings. The Kier molecular flexibility index (Phi) is 3.90. The van der Waals surface area contributed by atoms with E-state index in [2.05, 4.69) is 27.0 Å². The van der Waals surface area contributed by atoms with Crippen molar-refractivity contribution in [3.8, 4) is 11.8 Å². The smallest absolute Gasteiger partial charge is 0.129 e. The van der Waals surface area contributed by atoms with Gasteiger partial charge in [0.15, 0.2) is 0 Å². The molecule has 3 rings (SSSR count). The average molecular weight is 381 g/mol. The Morgan fingerprint density at radius 2 is 2.05 bits per heavy atom. The molecule has 0 radical (unpaired) electrons. The van der Waals surface area contributed by atoms with Gasteiger partial charge in [0, 0.05) is 4.47 Å². The van der Waals surface area contributed by atoms with Crippen LogP contribution in [0.1, 0.15) is 11.4 Å². The maximum Gasteiger partial charge on any atom is 0.129 e. The molecule has 0 fully saturated rings. The van der Waals surface area contributed by atoms with Crippen LogP contribution in [0.4, 0.5) is 0 Å². The summed E-state index contributed by atoms with van der Waals surface area (Å²) in [4.78, 5) is 4.51. The summed E-state index contributed by atoms with van der Waals surface area (Å²) in [6, 6.07) is 13.0. The molecular formula is C15H8BrCl2N3. The van der Waals surface area contributed by atoms with Crippen LogP contribution in [0.5, 0.6) is 0 Å². The second-order valence-electron chi connectivity index (χ2n) is 4.41. The number of alkyl halides is 1. The zero-order chi connectivity index (χ0) is 15.0. The number of halogens is 3. The molecule has 0 saturated carbocycles. The van der Waals surface area contributed by atoms with E-state index in [1.807, 2.05) is 22.8 Å². The summed E-state index contributed by atoms with van der Waals surface area (Å²) in [7, 11) is 0. The molecular weight excluding hydrogens is 373 g/mol. The highest BCUT2D eigenvalue weighted by Crippen LogP contribution is 2.30. The van der Waals surface area contributed by atoms with Crippen LogP contribution in [0.3, 0.4) is 0 Å². The Morgan fingerprint density at radius 3 is 2.76 bits per heavy atom. The van der Waals surface area contributed by atoms with E-state index in [-0.39, 0.29) is 5.88 Å². The van der Waals surface area contributed by atoms with E-state index >= 15 is 0 Å². The van der Waals surface area contributed by atoms with Gasteiger partial charge < -0.3 is 0 Å². The van der Waals surface area contributed by atoms with Crippen LogP contribution < -0.4 is 0 Å². The monoisotopic (exact) mass is 379 g/mol. The van der Waals surface area contributed by atoms with Gasteiger partial charge >= 0.3 is 0 Å². The van der Waals surface area contributed by atoms with Crippen molar-refractivity contribution in [3.63, 3.8) is 0 Å². The van der Waals surface area contributed by atoms with Gasteiger partial charge in [-0.15, -0.1) is 11.6 Å². The fourth-order valence-corrected chi connectivity index (χ4v) is 2.94. The van der Waals surface area contributed by atoms with Crippen LogP contribution in [0.25, 0.3) is 16.7 Å². The second kappa shape index (κ2) is 5.69. The number of rotatable bonds is 2. The molecule has 6 heteroatoms. The number of nitrogens with zero attached hydrogens (tertiary/aromatic N) is 3. The van der Waals surface area contributed by atoms with Gasteiger partial charge in [-0.2, -0.15) is 5.26 Å². The summed E-state index contributed by atoms with van der Waals surface area (Å²) in [6.45, 7) is 0. The first-order chi connectivity index (χ1) is 10.1. The van der Waals surface area contributed by atoms with Crippen LogP contribution >= 0.6 is 39.1 Å². The van der Waals surface area contributed by atoms with Gasteiger partial charge in [-0.3, -0.25) is 4.57 Å². The quantitative estimate of drug-likeness (QED) is 0.583. The number of nitriles is 1. The molecule has 1 heterocycles. The van der Waals surface area contributed by atoms with Crippen LogP contribution in [0.15, 0.2) is 40.9 Å². The zero-order valence-electron chi connectivity index (χ0n) is 10.6. The van der Waals surface area contributed by atoms with E-state index in [9.17, 15) is 0 Å². The van der Waals surface area contributed by atoms with Crippen LogP contribution in [-0.2, 0) is 5.88 Å². The van der Waals surface area contributed by atoms with Gasteiger partial charge in [-0.25, -0.2) is 4.98 Å². The Morgan fingerprint density at radius 1 is 1.24 bits per heavy atom. The molecule has 0 aliphatic rings. The number of aromatic nitrogens is 2. The van der Waals surface area contributed by atoms with Crippen LogP contribution in [0, 0.1) is 11.3 Å². The minimum atomic E-state index is 0.249. The Bertz CT molecular complexity index is 880. The Labute approximate surface area is 139 Å². The van der Waals surface area contributed by atoms with Crippen molar-refractivity contribution >= 4 is 50.2 Å². The summed E-state index contributed by atoms with van der Waals surface area (Å²) in [5, 5.41) is 9.62. The Hall–Kier alpha value is -1.54. The van der Waals surface area contributed by atoms with Crippen molar-refractivity contribution in [3.05, 3.63) is 57.3 Å². The molecule has 104 valence electrons. The third kappa shape index (κ3) is 2.53. The molecule has 0 spiro atoms. The van der Waals surface area contributed by atoms with Gasteiger partial charge in [-0.1, -0.05) is 27.5 Å². The summed E-state index contributed by atoms with van der Waals surface area (Å²) in [5.74, 6) is 0.932. The highest BCUT2D eigenvalue weighted by atomic mass is 79.9. The minimum absolute atomic E-state index is 0.249. The molecule has 0 aliphatic heterocycles. The van der Waals surface area contributed by atoms with E-state index in [0.29, 0.717) is 22.1 Å². The molecule has 0 unspecified atom stereocenters. The lowest BCUT2D eigenvalue weighted by atomic mass is 10.2. The molecule has 0 amide bonds. The maximum atomic E-state index is 9.08. The van der Waals surface area contributed by atoms with Crippen LogP contribution in [0.2, 0.25) is 5.02 Å². The van der Waals surface area contributed by atoms with Gasteiger partial charge in [0.1, 0.15) is 5.82 Å². The van der Waals surface area contributed by atoms with Crippen molar-refractivity contribution in [2.45, 2.75) is 5.88 Å². The highest BCUT2D eigenvalue weighted by molar-refractivity contribution is 9.10. The van der Waals surface area contributed by atoms with E-state index in [0.717, 1.165) is 15.5 Å². The fourth-order valence-electron chi connectivity index (χ4n) is 2.21. The minimum Gasteiger partial charge on any atom is -0.294 e. The third-order valence-electron chi connectivity index (χ3n) is 3.12. The summed E-state index contributed by atoms with van der Waals surface area (Å²) >= 11 is 15.8. The summed E-state index contributed by atoms with van der Waals surface area (Å²) in [5.41, 5.74) is 2.95. The standard InChI is InChI=1S/C15H8BrCl2N3/c16-10-2-4-12-14(6-10)21(15(7-17)20-12)13-5-9(8-19)1-3-11(13)18/h1-6H,7H2. The predicted molar refractivity (Wildman–Crippen MR) is 88.1 cm³/mol. The summed E-state index contributed by atoms with van der Waals surface area (Å²) in [6.07, 6.45) is 0. The molecule has 21 heavy (non-hydrogen) atoms. The van der Waals surface area contributed by atoms with Crippen molar-refractivity contribution in [1.29, 1.82) is 5.26 Å². The van der Waals surface area contributed by atoms with E-state index in [1.165, 1.54) is 0 Å². The van der Waals surface area contributed by atoms with Gasteiger partial charge in [0.05, 0.1) is 39.3 Å². The number of benzene rings is 2. The van der Waals surface area contributed by atoms with E-state index in [1.54, 1.807) is 18.2 Å². The molecule has 0 saturated heterocycles. The number of fused-ring (bicyclic) bond motifs is 1. The van der Waals surface area contributed by atoms with Gasteiger partial charge in [0.25, 0.3) is 0 Å². The van der Waals surface area contributed by atoms with E-state index < -0.39 is 0 Å². The SMILES string of the molecule is N#Cc1ccc(Cl)c(-n2c(CCl)nc3ccc(Br)cc32)c1. The zero-order valence-corrected chi connectivity index (χ0v) is 13.7. The predicted octanol–water partition coefficient (Wildman–Crippen LogP) is 5.05. The third-order valence-corrected chi connectivity index (χ3v) is 4.17. The van der Waals surface area contributed by atoms with Gasteiger partial charge in [0.2, 0.25) is 0 Å². The lowest BCUT2D eigenvalue weighted by Crippen LogP contribution is -2.00. The summed E-state index contributed by atoms with van der Waals surface area (Å²) < 4.78 is 2.82. The molecule has 2 aromatic carbocycles. The second-order valence-corrected chi connectivity index (χ2v) is 6.00. The first-order valence-electron chi connectivity index (χ1n) is 6.07. The largest absolute Gasteiger partial charge is 0.294 e. The normalized spacial score (nSPS) is 10.8. The Balaban J connectivity index is 2.38. The molecule has 3 nitrogen and oxygen atoms in total. The van der Waals surface area contributed by atoms with Gasteiger partial charge in [-0.05, 0) is 36.4 Å². The molecule has 0 aliphatic carbocycles. The number of hydrogen-bond acceptors (Lipinski definition) is 2. The number of imidazole rings is 1. The van der Waals surface area contributed by atoms with Crippen molar-refractivity contribution in [1.82, 2.24) is 9.55 Å². The van der Waals surface area contributed by atoms with Crippen molar-refractivity contribution in [2.75, 3.05) is 0 Å². The first-order valence-corrected chi connectivity index (χ1v) is 7.77. The lowest BCUT2D eigenvalue weighted by molar-refractivity contribution is 0.981. The molecule has 0 N–H and O–H groups in total. The first kappa shape index (κ1) is 14.4. The lowest BCUT2D eigenvalue weighted by Gasteiger charge is -2.10. The number of hydrogen-bond donors (Lipinski definition) is 0. The van der Waals surface area contributed by atoms with Crippen LogP contribution in [-0.4, -0.2) is 9.55 Å². The molecule has 1 aromatic heterocycles. The molecule has 0 atom stereocenters. The maximum absolute atomic E-state index is 9.08. The van der Waals surface area contributed by atoms with Crippen molar-refractivity contribution < 1.29 is 0 Å². The molecule has 0 bridgehead atoms. The van der Waals surface area contributed by atoms with E-state index in [4.69, 9.17) is 28.5 Å².